The fourth-order valence-corrected chi connectivity index (χ4v) is 3.80. The van der Waals surface area contributed by atoms with Crippen molar-refractivity contribution in [1.29, 1.82) is 0 Å². The minimum atomic E-state index is -0.853. The van der Waals surface area contributed by atoms with Crippen LogP contribution in [0.2, 0.25) is 0 Å². The summed E-state index contributed by atoms with van der Waals surface area (Å²) in [5, 5.41) is 14.0. The molecule has 1 aromatic carbocycles. The van der Waals surface area contributed by atoms with Gasteiger partial charge < -0.3 is 15.0 Å². The Morgan fingerprint density at radius 1 is 1.29 bits per heavy atom. The molecular formula is C19H26N4O5. The number of rotatable bonds is 6. The van der Waals surface area contributed by atoms with Gasteiger partial charge in [-0.15, -0.1) is 0 Å². The number of nitro benzene ring substituents is 1. The first-order chi connectivity index (χ1) is 13.2. The molecule has 0 bridgehead atoms. The summed E-state index contributed by atoms with van der Waals surface area (Å²) in [4.78, 5) is 39.4. The zero-order valence-corrected chi connectivity index (χ0v) is 16.5. The van der Waals surface area contributed by atoms with Gasteiger partial charge in [0.1, 0.15) is 5.69 Å². The molecular weight excluding hydrogens is 364 g/mol. The number of carbonyl (C=O) groups excluding carboxylic acids is 2. The van der Waals surface area contributed by atoms with Crippen molar-refractivity contribution in [3.63, 3.8) is 0 Å². The second-order valence-electron chi connectivity index (χ2n) is 7.71. The summed E-state index contributed by atoms with van der Waals surface area (Å²) in [6, 6.07) is 2.97. The largest absolute Gasteiger partial charge is 0.379 e. The Balaban J connectivity index is 1.86. The number of nitro groups is 1. The second kappa shape index (κ2) is 7.84. The Morgan fingerprint density at radius 3 is 2.57 bits per heavy atom. The van der Waals surface area contributed by atoms with Crippen LogP contribution in [0.4, 0.5) is 17.1 Å². The SMILES string of the molecule is CC(=O)Nc1cc2c(cc1[N+](=O)[O-])C(C)(C)C(=O)N2CCCN1CCOCC1. The van der Waals surface area contributed by atoms with Crippen LogP contribution in [-0.2, 0) is 19.7 Å². The van der Waals surface area contributed by atoms with E-state index in [4.69, 9.17) is 4.74 Å². The summed E-state index contributed by atoms with van der Waals surface area (Å²) >= 11 is 0. The number of fused-ring (bicyclic) bond motifs is 1. The average molecular weight is 390 g/mol. The van der Waals surface area contributed by atoms with E-state index in [0.717, 1.165) is 39.3 Å². The Morgan fingerprint density at radius 2 is 1.96 bits per heavy atom. The number of hydrogen-bond acceptors (Lipinski definition) is 6. The number of morpholine rings is 1. The van der Waals surface area contributed by atoms with Crippen LogP contribution in [0.25, 0.3) is 0 Å². The number of benzene rings is 1. The van der Waals surface area contributed by atoms with Crippen LogP contribution < -0.4 is 10.2 Å². The molecule has 0 unspecified atom stereocenters. The van der Waals surface area contributed by atoms with E-state index in [9.17, 15) is 19.7 Å². The van der Waals surface area contributed by atoms with E-state index >= 15 is 0 Å². The molecule has 3 rings (SSSR count). The molecule has 1 fully saturated rings. The van der Waals surface area contributed by atoms with Crippen molar-refractivity contribution in [2.24, 2.45) is 0 Å². The third kappa shape index (κ3) is 3.85. The Hall–Kier alpha value is -2.52. The van der Waals surface area contributed by atoms with Gasteiger partial charge in [0.25, 0.3) is 5.69 Å². The number of carbonyl (C=O) groups is 2. The summed E-state index contributed by atoms with van der Waals surface area (Å²) in [7, 11) is 0. The van der Waals surface area contributed by atoms with E-state index in [-0.39, 0.29) is 17.3 Å². The van der Waals surface area contributed by atoms with E-state index < -0.39 is 16.2 Å². The standard InChI is InChI=1S/C19H26N4O5/c1-13(24)20-15-12-16-14(11-17(15)23(26)27)19(2,3)18(25)22(16)6-4-5-21-7-9-28-10-8-21/h11-12H,4-10H2,1-3H3,(H,20,24). The van der Waals surface area contributed by atoms with E-state index in [1.165, 1.54) is 13.0 Å². The smallest absolute Gasteiger partial charge is 0.293 e. The summed E-state index contributed by atoms with van der Waals surface area (Å²) in [6.45, 7) is 9.44. The maximum absolute atomic E-state index is 13.0. The second-order valence-corrected chi connectivity index (χ2v) is 7.71. The Kier molecular flexibility index (Phi) is 5.66. The first kappa shape index (κ1) is 20.2. The maximum Gasteiger partial charge on any atom is 0.293 e. The van der Waals surface area contributed by atoms with Crippen molar-refractivity contribution in [3.8, 4) is 0 Å². The first-order valence-corrected chi connectivity index (χ1v) is 9.44. The van der Waals surface area contributed by atoms with Crippen molar-refractivity contribution < 1.29 is 19.2 Å². The van der Waals surface area contributed by atoms with Crippen LogP contribution in [0.5, 0.6) is 0 Å². The lowest BCUT2D eigenvalue weighted by atomic mass is 9.86. The van der Waals surface area contributed by atoms with Crippen LogP contribution >= 0.6 is 0 Å². The van der Waals surface area contributed by atoms with Crippen LogP contribution in [0.1, 0.15) is 32.8 Å². The fraction of sp³-hybridized carbons (Fsp3) is 0.579. The highest BCUT2D eigenvalue weighted by atomic mass is 16.6. The number of amides is 2. The zero-order chi connectivity index (χ0) is 20.5. The van der Waals surface area contributed by atoms with Gasteiger partial charge in [0.15, 0.2) is 0 Å². The molecule has 0 spiro atoms. The van der Waals surface area contributed by atoms with Gasteiger partial charge in [-0.05, 0) is 31.9 Å². The summed E-state index contributed by atoms with van der Waals surface area (Å²) in [5.41, 5.74) is 0.300. The van der Waals surface area contributed by atoms with Gasteiger partial charge in [-0.25, -0.2) is 0 Å². The zero-order valence-electron chi connectivity index (χ0n) is 16.5. The molecule has 0 atom stereocenters. The molecule has 0 radical (unpaired) electrons. The molecule has 1 aromatic rings. The lowest BCUT2D eigenvalue weighted by Gasteiger charge is -2.27. The molecule has 0 aliphatic carbocycles. The highest BCUT2D eigenvalue weighted by Crippen LogP contribution is 2.46. The third-order valence-electron chi connectivity index (χ3n) is 5.33. The van der Waals surface area contributed by atoms with Crippen LogP contribution in [0, 0.1) is 10.1 Å². The van der Waals surface area contributed by atoms with Crippen LogP contribution in [0.3, 0.4) is 0 Å². The highest BCUT2D eigenvalue weighted by Gasteiger charge is 2.45. The fourth-order valence-electron chi connectivity index (χ4n) is 3.80. The molecule has 9 nitrogen and oxygen atoms in total. The minimum Gasteiger partial charge on any atom is -0.379 e. The molecule has 28 heavy (non-hydrogen) atoms. The highest BCUT2D eigenvalue weighted by molar-refractivity contribution is 6.09. The van der Waals surface area contributed by atoms with Crippen molar-refractivity contribution in [3.05, 3.63) is 27.8 Å². The molecule has 1 saturated heterocycles. The van der Waals surface area contributed by atoms with Gasteiger partial charge in [-0.1, -0.05) is 0 Å². The molecule has 1 N–H and O–H groups in total. The van der Waals surface area contributed by atoms with E-state index in [1.54, 1.807) is 24.8 Å². The molecule has 0 saturated carbocycles. The van der Waals surface area contributed by atoms with Crippen molar-refractivity contribution in [1.82, 2.24) is 4.90 Å². The van der Waals surface area contributed by atoms with Gasteiger partial charge >= 0.3 is 0 Å². The maximum atomic E-state index is 13.0. The van der Waals surface area contributed by atoms with Crippen LogP contribution in [-0.4, -0.2) is 61.0 Å². The molecule has 2 heterocycles. The minimum absolute atomic E-state index is 0.0845. The number of hydrogen-bond donors (Lipinski definition) is 1. The molecule has 2 aliphatic rings. The summed E-state index contributed by atoms with van der Waals surface area (Å²) < 4.78 is 5.35. The van der Waals surface area contributed by atoms with Gasteiger partial charge in [-0.3, -0.25) is 24.6 Å². The summed E-state index contributed by atoms with van der Waals surface area (Å²) in [5.74, 6) is -0.482. The number of ether oxygens (including phenoxy) is 1. The van der Waals surface area contributed by atoms with E-state index in [0.29, 0.717) is 17.8 Å². The van der Waals surface area contributed by atoms with E-state index in [1.807, 2.05) is 0 Å². The number of nitrogens with one attached hydrogen (secondary N) is 1. The molecule has 9 heteroatoms. The average Bonchev–Trinajstić information content (AvgIpc) is 2.81. The van der Waals surface area contributed by atoms with E-state index in [2.05, 4.69) is 10.2 Å². The lowest BCUT2D eigenvalue weighted by molar-refractivity contribution is -0.384. The van der Waals surface area contributed by atoms with Gasteiger partial charge in [0, 0.05) is 39.2 Å². The summed E-state index contributed by atoms with van der Waals surface area (Å²) in [6.07, 6.45) is 0.785. The molecule has 0 aromatic heterocycles. The number of anilines is 2. The predicted molar refractivity (Wildman–Crippen MR) is 105 cm³/mol. The number of nitrogens with zero attached hydrogens (tertiary/aromatic N) is 3. The third-order valence-corrected chi connectivity index (χ3v) is 5.33. The van der Waals surface area contributed by atoms with Gasteiger partial charge in [-0.2, -0.15) is 0 Å². The molecule has 152 valence electrons. The Bertz CT molecular complexity index is 802. The first-order valence-electron chi connectivity index (χ1n) is 9.44. The quantitative estimate of drug-likeness (QED) is 0.588. The van der Waals surface area contributed by atoms with Gasteiger partial charge in [0.2, 0.25) is 11.8 Å². The van der Waals surface area contributed by atoms with Crippen LogP contribution in [0.15, 0.2) is 12.1 Å². The Labute approximate surface area is 163 Å². The predicted octanol–water partition coefficient (Wildman–Crippen LogP) is 1.90. The topological polar surface area (TPSA) is 105 Å². The van der Waals surface area contributed by atoms with Crippen molar-refractivity contribution in [2.75, 3.05) is 49.6 Å². The van der Waals surface area contributed by atoms with Crippen molar-refractivity contribution >= 4 is 28.9 Å². The lowest BCUT2D eigenvalue weighted by Crippen LogP contribution is -2.40. The monoisotopic (exact) mass is 390 g/mol. The molecule has 2 aliphatic heterocycles. The van der Waals surface area contributed by atoms with Gasteiger partial charge in [0.05, 0.1) is 29.2 Å². The van der Waals surface area contributed by atoms with Crippen molar-refractivity contribution in [2.45, 2.75) is 32.6 Å². The normalized spacial score (nSPS) is 18.8. The molecule has 2 amide bonds.